The van der Waals surface area contributed by atoms with Crippen LogP contribution in [0.15, 0.2) is 83.5 Å². The number of allylic oxidation sites excluding steroid dienone is 1. The summed E-state index contributed by atoms with van der Waals surface area (Å²) in [4.78, 5) is 14.6. The highest BCUT2D eigenvalue weighted by Gasteiger charge is 2.31. The summed E-state index contributed by atoms with van der Waals surface area (Å²) < 4.78 is 7.01. The molecule has 0 fully saturated rings. The number of nitrogens with zero attached hydrogens (tertiary/aromatic N) is 5. The van der Waals surface area contributed by atoms with Gasteiger partial charge in [-0.2, -0.15) is 4.68 Å². The Bertz CT molecular complexity index is 1240. The molecule has 0 bridgehead atoms. The average molecular weight is 447 g/mol. The van der Waals surface area contributed by atoms with Crippen LogP contribution in [-0.4, -0.2) is 32.7 Å². The number of nitrogens with one attached hydrogen (secondary N) is 1. The van der Waals surface area contributed by atoms with Crippen molar-refractivity contribution in [1.29, 1.82) is 0 Å². The number of fused-ring (bicyclic) bond motifs is 1. The highest BCUT2D eigenvalue weighted by atomic mass is 35.5. The third-order valence-corrected chi connectivity index (χ3v) is 5.46. The van der Waals surface area contributed by atoms with E-state index >= 15 is 0 Å². The maximum Gasteiger partial charge on any atom is 0.251 e. The molecule has 1 aliphatic heterocycles. The first-order valence-corrected chi connectivity index (χ1v) is 10.4. The van der Waals surface area contributed by atoms with Gasteiger partial charge in [-0.1, -0.05) is 59.2 Å². The molecule has 0 saturated carbocycles. The number of furan rings is 1. The molecule has 1 atom stereocenters. The van der Waals surface area contributed by atoms with Gasteiger partial charge in [-0.15, -0.1) is 0 Å². The molecular weight excluding hydrogens is 428 g/mol. The van der Waals surface area contributed by atoms with E-state index in [1.807, 2.05) is 60.7 Å². The smallest absolute Gasteiger partial charge is 0.251 e. The Labute approximate surface area is 189 Å². The van der Waals surface area contributed by atoms with Crippen LogP contribution in [0, 0.1) is 0 Å². The minimum atomic E-state index is -0.214. The standard InChI is InChI=1S/C23H19ClN6O2/c24-18-10-8-17(9-11-18)20-13-21(16-5-2-1-3-6-16)30-23(26-27-28-30)29(20)15-22(31)25-14-19-7-4-12-32-19/h1-13,21H,14-15H2,(H,25,31). The van der Waals surface area contributed by atoms with E-state index < -0.39 is 0 Å². The first-order chi connectivity index (χ1) is 15.7. The number of hydrogen-bond donors (Lipinski definition) is 1. The molecule has 0 saturated heterocycles. The van der Waals surface area contributed by atoms with Gasteiger partial charge in [-0.25, -0.2) is 0 Å². The van der Waals surface area contributed by atoms with E-state index in [0.717, 1.165) is 16.8 Å². The molecule has 3 heterocycles. The summed E-state index contributed by atoms with van der Waals surface area (Å²) in [5.74, 6) is 0.980. The summed E-state index contributed by atoms with van der Waals surface area (Å²) in [5, 5.41) is 15.8. The highest BCUT2D eigenvalue weighted by molar-refractivity contribution is 6.30. The van der Waals surface area contributed by atoms with Crippen LogP contribution >= 0.6 is 11.6 Å². The van der Waals surface area contributed by atoms with E-state index in [2.05, 4.69) is 26.9 Å². The zero-order valence-electron chi connectivity index (χ0n) is 16.9. The number of aromatic nitrogens is 4. The van der Waals surface area contributed by atoms with E-state index in [-0.39, 0.29) is 18.5 Å². The van der Waals surface area contributed by atoms with Crippen LogP contribution in [0.3, 0.4) is 0 Å². The van der Waals surface area contributed by atoms with Gasteiger partial charge in [-0.3, -0.25) is 9.69 Å². The Hall–Kier alpha value is -3.91. The molecule has 9 heteroatoms. The molecule has 5 rings (SSSR count). The predicted molar refractivity (Wildman–Crippen MR) is 120 cm³/mol. The molecule has 32 heavy (non-hydrogen) atoms. The minimum absolute atomic E-state index is 0.0387. The van der Waals surface area contributed by atoms with Crippen LogP contribution in [0.5, 0.6) is 0 Å². The Kier molecular flexibility index (Phi) is 5.43. The highest BCUT2D eigenvalue weighted by Crippen LogP contribution is 2.36. The van der Waals surface area contributed by atoms with Crippen molar-refractivity contribution in [2.45, 2.75) is 12.6 Å². The summed E-state index contributed by atoms with van der Waals surface area (Å²) in [6.45, 7) is 0.342. The van der Waals surface area contributed by atoms with E-state index in [9.17, 15) is 4.79 Å². The lowest BCUT2D eigenvalue weighted by Gasteiger charge is -2.32. The second-order valence-corrected chi connectivity index (χ2v) is 7.72. The SMILES string of the molecule is O=C(CN1C(c2ccc(Cl)cc2)=CC(c2ccccc2)n2nnnc21)NCc1ccco1. The van der Waals surface area contributed by atoms with Gasteiger partial charge in [0.2, 0.25) is 5.91 Å². The number of carbonyl (C=O) groups is 1. The number of hydrogen-bond acceptors (Lipinski definition) is 6. The van der Waals surface area contributed by atoms with Gasteiger partial charge in [0.25, 0.3) is 5.95 Å². The minimum Gasteiger partial charge on any atom is -0.467 e. The van der Waals surface area contributed by atoms with Gasteiger partial charge in [-0.05, 0) is 51.9 Å². The fourth-order valence-corrected chi connectivity index (χ4v) is 3.81. The fraction of sp³-hybridized carbons (Fsp3) is 0.130. The lowest BCUT2D eigenvalue weighted by Crippen LogP contribution is -2.39. The number of carbonyl (C=O) groups excluding carboxylic acids is 1. The molecule has 1 N–H and O–H groups in total. The zero-order chi connectivity index (χ0) is 21.9. The van der Waals surface area contributed by atoms with Crippen molar-refractivity contribution in [3.63, 3.8) is 0 Å². The normalized spacial score (nSPS) is 15.2. The Morgan fingerprint density at radius 2 is 1.88 bits per heavy atom. The molecule has 1 amide bonds. The Morgan fingerprint density at radius 1 is 1.06 bits per heavy atom. The summed E-state index contributed by atoms with van der Waals surface area (Å²) in [5.41, 5.74) is 2.77. The molecule has 2 aromatic carbocycles. The molecule has 1 aliphatic rings. The number of tetrazole rings is 1. The van der Waals surface area contributed by atoms with Crippen molar-refractivity contribution >= 4 is 29.2 Å². The van der Waals surface area contributed by atoms with E-state index in [0.29, 0.717) is 23.3 Å². The Morgan fingerprint density at radius 3 is 2.62 bits per heavy atom. The fourth-order valence-electron chi connectivity index (χ4n) is 3.68. The van der Waals surface area contributed by atoms with Gasteiger partial charge >= 0.3 is 0 Å². The van der Waals surface area contributed by atoms with Gasteiger partial charge in [0.1, 0.15) is 18.3 Å². The van der Waals surface area contributed by atoms with Crippen LogP contribution < -0.4 is 10.2 Å². The van der Waals surface area contributed by atoms with Crippen molar-refractivity contribution in [2.24, 2.45) is 0 Å². The molecule has 2 aromatic heterocycles. The van der Waals surface area contributed by atoms with Crippen LogP contribution in [0.2, 0.25) is 5.02 Å². The van der Waals surface area contributed by atoms with E-state index in [4.69, 9.17) is 16.0 Å². The topological polar surface area (TPSA) is 89.1 Å². The molecule has 160 valence electrons. The maximum atomic E-state index is 12.8. The molecule has 0 spiro atoms. The van der Waals surface area contributed by atoms with Crippen molar-refractivity contribution in [3.05, 3.63) is 101 Å². The van der Waals surface area contributed by atoms with Gasteiger partial charge < -0.3 is 9.73 Å². The third kappa shape index (κ3) is 4.00. The second-order valence-electron chi connectivity index (χ2n) is 7.28. The number of rotatable bonds is 6. The van der Waals surface area contributed by atoms with Crippen LogP contribution in [0.1, 0.15) is 22.9 Å². The molecule has 8 nitrogen and oxygen atoms in total. The van der Waals surface area contributed by atoms with Crippen molar-refractivity contribution in [1.82, 2.24) is 25.5 Å². The first kappa shape index (κ1) is 20.0. The Balaban J connectivity index is 1.50. The summed E-state index contributed by atoms with van der Waals surface area (Å²) in [6.07, 6.45) is 3.63. The molecule has 0 aliphatic carbocycles. The van der Waals surface area contributed by atoms with Gasteiger partial charge in [0.05, 0.1) is 18.5 Å². The van der Waals surface area contributed by atoms with Gasteiger partial charge in [0, 0.05) is 5.02 Å². The van der Waals surface area contributed by atoms with Gasteiger partial charge in [0.15, 0.2) is 0 Å². The van der Waals surface area contributed by atoms with E-state index in [1.165, 1.54) is 0 Å². The lowest BCUT2D eigenvalue weighted by molar-refractivity contribution is -0.119. The quantitative estimate of drug-likeness (QED) is 0.486. The average Bonchev–Trinajstić information content (AvgIpc) is 3.52. The van der Waals surface area contributed by atoms with Crippen molar-refractivity contribution in [2.75, 3.05) is 11.4 Å². The molecule has 0 radical (unpaired) electrons. The van der Waals surface area contributed by atoms with Crippen molar-refractivity contribution in [3.8, 4) is 0 Å². The summed E-state index contributed by atoms with van der Waals surface area (Å²) in [6, 6.07) is 20.8. The molecule has 4 aromatic rings. The zero-order valence-corrected chi connectivity index (χ0v) is 17.7. The first-order valence-electron chi connectivity index (χ1n) is 10.1. The number of benzene rings is 2. The summed E-state index contributed by atoms with van der Waals surface area (Å²) >= 11 is 6.11. The predicted octanol–water partition coefficient (Wildman–Crippen LogP) is 3.69. The largest absolute Gasteiger partial charge is 0.467 e. The lowest BCUT2D eigenvalue weighted by atomic mass is 10.0. The maximum absolute atomic E-state index is 12.8. The summed E-state index contributed by atoms with van der Waals surface area (Å²) in [7, 11) is 0. The molecule has 1 unspecified atom stereocenters. The number of amides is 1. The number of anilines is 1. The number of halogens is 1. The second kappa shape index (κ2) is 8.68. The van der Waals surface area contributed by atoms with Crippen LogP contribution in [0.25, 0.3) is 5.70 Å². The van der Waals surface area contributed by atoms with Crippen LogP contribution in [-0.2, 0) is 11.3 Å². The van der Waals surface area contributed by atoms with E-state index in [1.54, 1.807) is 21.9 Å². The van der Waals surface area contributed by atoms with Crippen molar-refractivity contribution < 1.29 is 9.21 Å². The van der Waals surface area contributed by atoms with Crippen LogP contribution in [0.4, 0.5) is 5.95 Å². The third-order valence-electron chi connectivity index (χ3n) is 5.21. The monoisotopic (exact) mass is 446 g/mol. The molecular formula is C23H19ClN6O2.